The van der Waals surface area contributed by atoms with E-state index in [0.717, 1.165) is 20.9 Å². The highest BCUT2D eigenvalue weighted by Gasteiger charge is 2.10. The van der Waals surface area contributed by atoms with Crippen LogP contribution in [0.3, 0.4) is 0 Å². The van der Waals surface area contributed by atoms with Gasteiger partial charge in [0.05, 0.1) is 6.42 Å². The summed E-state index contributed by atoms with van der Waals surface area (Å²) < 4.78 is 1.03. The number of halogens is 1. The van der Waals surface area contributed by atoms with E-state index in [-0.39, 0.29) is 5.91 Å². The first kappa shape index (κ1) is 11.2. The zero-order valence-electron chi connectivity index (χ0n) is 9.25. The Morgan fingerprint density at radius 1 is 1.44 bits per heavy atom. The lowest BCUT2D eigenvalue weighted by atomic mass is 10.1. The van der Waals surface area contributed by atoms with Crippen LogP contribution in [-0.4, -0.2) is 29.9 Å². The number of benzene rings is 1. The number of carbonyl (C=O) groups is 1. The molecule has 1 amide bonds. The van der Waals surface area contributed by atoms with Crippen molar-refractivity contribution in [2.24, 2.45) is 0 Å². The van der Waals surface area contributed by atoms with E-state index in [4.69, 9.17) is 0 Å². The Balaban J connectivity index is 2.38. The lowest BCUT2D eigenvalue weighted by Crippen LogP contribution is -2.23. The van der Waals surface area contributed by atoms with Gasteiger partial charge in [-0.1, -0.05) is 15.9 Å². The highest BCUT2D eigenvalue weighted by Crippen LogP contribution is 2.23. The molecule has 4 heteroatoms. The fourth-order valence-electron chi connectivity index (χ4n) is 1.62. The Labute approximate surface area is 103 Å². The molecule has 0 atom stereocenters. The van der Waals surface area contributed by atoms with E-state index in [1.807, 2.05) is 24.4 Å². The van der Waals surface area contributed by atoms with Gasteiger partial charge in [-0.2, -0.15) is 0 Å². The maximum absolute atomic E-state index is 11.6. The molecule has 1 N–H and O–H groups in total. The lowest BCUT2D eigenvalue weighted by Gasteiger charge is -2.09. The van der Waals surface area contributed by atoms with E-state index in [0.29, 0.717) is 6.42 Å². The van der Waals surface area contributed by atoms with Crippen molar-refractivity contribution in [3.8, 4) is 0 Å². The maximum atomic E-state index is 11.6. The van der Waals surface area contributed by atoms with Crippen molar-refractivity contribution < 1.29 is 4.79 Å². The third kappa shape index (κ3) is 2.11. The van der Waals surface area contributed by atoms with Gasteiger partial charge >= 0.3 is 0 Å². The average Bonchev–Trinajstić information content (AvgIpc) is 2.61. The predicted octanol–water partition coefficient (Wildman–Crippen LogP) is 2.56. The molecule has 0 aliphatic carbocycles. The van der Waals surface area contributed by atoms with Crippen LogP contribution in [0.4, 0.5) is 0 Å². The smallest absolute Gasteiger partial charge is 0.226 e. The minimum Gasteiger partial charge on any atom is -0.361 e. The summed E-state index contributed by atoms with van der Waals surface area (Å²) in [5.41, 5.74) is 2.10. The number of H-pyrrole nitrogens is 1. The summed E-state index contributed by atoms with van der Waals surface area (Å²) in [6, 6.07) is 6.02. The lowest BCUT2D eigenvalue weighted by molar-refractivity contribution is -0.127. The Morgan fingerprint density at radius 3 is 2.88 bits per heavy atom. The van der Waals surface area contributed by atoms with Crippen LogP contribution in [0.2, 0.25) is 0 Å². The number of hydrogen-bond donors (Lipinski definition) is 1. The molecule has 1 aromatic heterocycles. The van der Waals surface area contributed by atoms with Crippen LogP contribution >= 0.6 is 15.9 Å². The fourth-order valence-corrected chi connectivity index (χ4v) is 1.98. The molecule has 0 radical (unpaired) electrons. The number of nitrogens with zero attached hydrogens (tertiary/aromatic N) is 1. The van der Waals surface area contributed by atoms with Gasteiger partial charge in [-0.05, 0) is 23.8 Å². The van der Waals surface area contributed by atoms with E-state index >= 15 is 0 Å². The van der Waals surface area contributed by atoms with Gasteiger partial charge < -0.3 is 9.88 Å². The zero-order chi connectivity index (χ0) is 11.7. The summed E-state index contributed by atoms with van der Waals surface area (Å²) in [4.78, 5) is 16.4. The van der Waals surface area contributed by atoms with E-state index in [9.17, 15) is 4.79 Å². The Bertz CT molecular complexity index is 531. The summed E-state index contributed by atoms with van der Waals surface area (Å²) >= 11 is 3.44. The number of hydrogen-bond acceptors (Lipinski definition) is 1. The van der Waals surface area contributed by atoms with Crippen LogP contribution in [0, 0.1) is 0 Å². The highest BCUT2D eigenvalue weighted by molar-refractivity contribution is 9.10. The van der Waals surface area contributed by atoms with Gasteiger partial charge in [0.1, 0.15) is 0 Å². The van der Waals surface area contributed by atoms with E-state index in [1.165, 1.54) is 0 Å². The number of rotatable bonds is 2. The quantitative estimate of drug-likeness (QED) is 0.902. The molecule has 2 aromatic rings. The number of likely N-dealkylation sites (N-methyl/N-ethyl adjacent to an activating group) is 1. The molecule has 1 aromatic carbocycles. The fraction of sp³-hybridized carbons (Fsp3) is 0.250. The van der Waals surface area contributed by atoms with Gasteiger partial charge in [-0.3, -0.25) is 4.79 Å². The molecule has 84 valence electrons. The van der Waals surface area contributed by atoms with Gasteiger partial charge in [0.2, 0.25) is 5.91 Å². The normalized spacial score (nSPS) is 10.7. The molecule has 3 nitrogen and oxygen atoms in total. The van der Waals surface area contributed by atoms with Crippen molar-refractivity contribution in [3.63, 3.8) is 0 Å². The van der Waals surface area contributed by atoms with Crippen molar-refractivity contribution in [1.82, 2.24) is 9.88 Å². The molecule has 1 heterocycles. The van der Waals surface area contributed by atoms with Crippen LogP contribution in [0.1, 0.15) is 5.56 Å². The van der Waals surface area contributed by atoms with E-state index in [1.54, 1.807) is 19.0 Å². The minimum atomic E-state index is 0.112. The SMILES string of the molecule is CN(C)C(=O)Cc1c[nH]c2ccc(Br)cc12. The number of nitrogens with one attached hydrogen (secondary N) is 1. The molecule has 0 bridgehead atoms. The van der Waals surface area contributed by atoms with Crippen LogP contribution in [0.5, 0.6) is 0 Å². The molecule has 0 aliphatic rings. The molecule has 2 rings (SSSR count). The maximum Gasteiger partial charge on any atom is 0.226 e. The topological polar surface area (TPSA) is 36.1 Å². The monoisotopic (exact) mass is 280 g/mol. The van der Waals surface area contributed by atoms with Gasteiger partial charge in [0.25, 0.3) is 0 Å². The molecule has 0 saturated heterocycles. The van der Waals surface area contributed by atoms with Gasteiger partial charge in [0.15, 0.2) is 0 Å². The largest absolute Gasteiger partial charge is 0.361 e. The minimum absolute atomic E-state index is 0.112. The predicted molar refractivity (Wildman–Crippen MR) is 68.4 cm³/mol. The van der Waals surface area contributed by atoms with Crippen molar-refractivity contribution >= 4 is 32.7 Å². The third-order valence-electron chi connectivity index (χ3n) is 2.57. The van der Waals surface area contributed by atoms with E-state index < -0.39 is 0 Å². The van der Waals surface area contributed by atoms with Gasteiger partial charge in [0, 0.05) is 35.7 Å². The average molecular weight is 281 g/mol. The Kier molecular flexibility index (Phi) is 3.01. The molecule has 0 aliphatic heterocycles. The van der Waals surface area contributed by atoms with Crippen LogP contribution in [0.25, 0.3) is 10.9 Å². The first-order valence-corrected chi connectivity index (χ1v) is 5.83. The summed E-state index contributed by atoms with van der Waals surface area (Å²) in [7, 11) is 3.54. The number of aromatic amines is 1. The third-order valence-corrected chi connectivity index (χ3v) is 3.06. The molecule has 0 unspecified atom stereocenters. The molecule has 16 heavy (non-hydrogen) atoms. The van der Waals surface area contributed by atoms with Crippen LogP contribution in [0.15, 0.2) is 28.9 Å². The molecule has 0 spiro atoms. The summed E-state index contributed by atoms with van der Waals surface area (Å²) in [6.45, 7) is 0. The van der Waals surface area contributed by atoms with Crippen molar-refractivity contribution in [3.05, 3.63) is 34.4 Å². The number of aromatic nitrogens is 1. The first-order valence-electron chi connectivity index (χ1n) is 5.03. The van der Waals surface area contributed by atoms with Crippen LogP contribution in [-0.2, 0) is 11.2 Å². The van der Waals surface area contributed by atoms with E-state index in [2.05, 4.69) is 20.9 Å². The number of carbonyl (C=O) groups excluding carboxylic acids is 1. The Hall–Kier alpha value is -1.29. The van der Waals surface area contributed by atoms with Gasteiger partial charge in [-0.25, -0.2) is 0 Å². The number of amides is 1. The molecule has 0 saturated carbocycles. The molecular weight excluding hydrogens is 268 g/mol. The van der Waals surface area contributed by atoms with Crippen molar-refractivity contribution in [1.29, 1.82) is 0 Å². The summed E-state index contributed by atoms with van der Waals surface area (Å²) in [6.07, 6.45) is 2.34. The summed E-state index contributed by atoms with van der Waals surface area (Å²) in [5, 5.41) is 1.10. The van der Waals surface area contributed by atoms with Crippen molar-refractivity contribution in [2.75, 3.05) is 14.1 Å². The second kappa shape index (κ2) is 4.29. The van der Waals surface area contributed by atoms with Crippen LogP contribution < -0.4 is 0 Å². The standard InChI is InChI=1S/C12H13BrN2O/c1-15(2)12(16)5-8-7-14-11-4-3-9(13)6-10(8)11/h3-4,6-7,14H,5H2,1-2H3. The highest BCUT2D eigenvalue weighted by atomic mass is 79.9. The number of fused-ring (bicyclic) bond motifs is 1. The van der Waals surface area contributed by atoms with Crippen molar-refractivity contribution in [2.45, 2.75) is 6.42 Å². The van der Waals surface area contributed by atoms with Gasteiger partial charge in [-0.15, -0.1) is 0 Å². The zero-order valence-corrected chi connectivity index (χ0v) is 10.8. The second-order valence-corrected chi connectivity index (χ2v) is 4.88. The molecular formula is C12H13BrN2O. The second-order valence-electron chi connectivity index (χ2n) is 3.97. The molecule has 0 fully saturated rings. The Morgan fingerprint density at radius 2 is 2.19 bits per heavy atom. The first-order chi connectivity index (χ1) is 7.58. The summed E-state index contributed by atoms with van der Waals surface area (Å²) in [5.74, 6) is 0.112.